The van der Waals surface area contributed by atoms with Crippen LogP contribution < -0.4 is 22.0 Å². The first-order valence-corrected chi connectivity index (χ1v) is 10.2. The Balaban J connectivity index is 1.58. The molecule has 0 aliphatic heterocycles. The fourth-order valence-corrected chi connectivity index (χ4v) is 2.91. The van der Waals surface area contributed by atoms with Gasteiger partial charge in [0.15, 0.2) is 0 Å². The first kappa shape index (κ1) is 22.3. The Kier molecular flexibility index (Phi) is 10.2. The van der Waals surface area contributed by atoms with Crippen molar-refractivity contribution >= 4 is 11.5 Å². The van der Waals surface area contributed by atoms with E-state index in [-0.39, 0.29) is 0 Å². The van der Waals surface area contributed by atoms with Crippen molar-refractivity contribution in [2.45, 2.75) is 38.5 Å². The minimum absolute atomic E-state index is 0.509. The molecule has 2 aromatic rings. The Morgan fingerprint density at radius 2 is 1.55 bits per heavy atom. The molecule has 0 unspecified atom stereocenters. The van der Waals surface area contributed by atoms with Gasteiger partial charge < -0.3 is 21.2 Å². The lowest BCUT2D eigenvalue weighted by molar-refractivity contribution is 0.304. The maximum absolute atomic E-state index is 6.05. The predicted octanol–water partition coefficient (Wildman–Crippen LogP) is 4.05. The summed E-state index contributed by atoms with van der Waals surface area (Å²) in [6.07, 6.45) is 10.1. The van der Waals surface area contributed by atoms with Crippen LogP contribution in [0, 0.1) is 0 Å². The zero-order chi connectivity index (χ0) is 20.7. The number of rotatable bonds is 13. The lowest BCUT2D eigenvalue weighted by Gasteiger charge is -2.12. The lowest BCUT2D eigenvalue weighted by Crippen LogP contribution is -2.26. The molecule has 6 heteroatoms. The van der Waals surface area contributed by atoms with Crippen LogP contribution in [0.2, 0.25) is 0 Å². The first-order valence-electron chi connectivity index (χ1n) is 10.2. The van der Waals surface area contributed by atoms with Gasteiger partial charge in [-0.15, -0.1) is 0 Å². The van der Waals surface area contributed by atoms with Gasteiger partial charge in [0, 0.05) is 24.5 Å². The largest absolute Gasteiger partial charge is 0.494 e. The SMILES string of the molecule is N/C=C\N(N)CCCCCCCCOc1ccc(N=C(N)c2ccccc2)cc1. The third kappa shape index (κ3) is 9.17. The number of benzene rings is 2. The Morgan fingerprint density at radius 3 is 2.24 bits per heavy atom. The molecule has 29 heavy (non-hydrogen) atoms. The average molecular weight is 396 g/mol. The smallest absolute Gasteiger partial charge is 0.131 e. The van der Waals surface area contributed by atoms with Gasteiger partial charge in [-0.2, -0.15) is 0 Å². The highest BCUT2D eigenvalue weighted by Crippen LogP contribution is 2.19. The highest BCUT2D eigenvalue weighted by Gasteiger charge is 1.99. The Bertz CT molecular complexity index is 744. The predicted molar refractivity (Wildman–Crippen MR) is 121 cm³/mol. The number of aliphatic imine (C=N–C) groups is 1. The van der Waals surface area contributed by atoms with E-state index in [1.807, 2.05) is 54.6 Å². The van der Waals surface area contributed by atoms with Crippen LogP contribution in [0.15, 0.2) is 72.0 Å². The molecule has 6 N–H and O–H groups in total. The van der Waals surface area contributed by atoms with Crippen molar-refractivity contribution in [2.75, 3.05) is 13.2 Å². The van der Waals surface area contributed by atoms with Crippen molar-refractivity contribution in [3.05, 3.63) is 72.6 Å². The van der Waals surface area contributed by atoms with Crippen molar-refractivity contribution in [3.8, 4) is 5.75 Å². The van der Waals surface area contributed by atoms with Crippen molar-refractivity contribution in [1.29, 1.82) is 0 Å². The van der Waals surface area contributed by atoms with Crippen LogP contribution in [-0.2, 0) is 0 Å². The average Bonchev–Trinajstić information content (AvgIpc) is 2.74. The number of unbranched alkanes of at least 4 members (excludes halogenated alkanes) is 5. The molecule has 0 atom stereocenters. The van der Waals surface area contributed by atoms with Crippen molar-refractivity contribution in [1.82, 2.24) is 5.01 Å². The summed E-state index contributed by atoms with van der Waals surface area (Å²) in [7, 11) is 0. The highest BCUT2D eigenvalue weighted by molar-refractivity contribution is 5.98. The maximum Gasteiger partial charge on any atom is 0.131 e. The van der Waals surface area contributed by atoms with Crippen LogP contribution in [0.1, 0.15) is 44.1 Å². The second kappa shape index (κ2) is 13.2. The molecule has 0 aliphatic rings. The van der Waals surface area contributed by atoms with Gasteiger partial charge in [0.25, 0.3) is 0 Å². The molecule has 0 spiro atoms. The normalized spacial score (nSPS) is 11.7. The zero-order valence-electron chi connectivity index (χ0n) is 17.0. The molecule has 0 radical (unpaired) electrons. The lowest BCUT2D eigenvalue weighted by atomic mass is 10.1. The van der Waals surface area contributed by atoms with E-state index in [9.17, 15) is 0 Å². The first-order chi connectivity index (χ1) is 14.2. The molecule has 0 amide bonds. The van der Waals surface area contributed by atoms with E-state index in [0.717, 1.165) is 43.0 Å². The summed E-state index contributed by atoms with van der Waals surface area (Å²) >= 11 is 0. The van der Waals surface area contributed by atoms with Crippen LogP contribution in [0.4, 0.5) is 5.69 Å². The van der Waals surface area contributed by atoms with E-state index in [0.29, 0.717) is 5.84 Å². The summed E-state index contributed by atoms with van der Waals surface area (Å²) < 4.78 is 5.81. The molecular weight excluding hydrogens is 362 g/mol. The van der Waals surface area contributed by atoms with E-state index in [1.54, 1.807) is 11.2 Å². The third-order valence-electron chi connectivity index (χ3n) is 4.51. The van der Waals surface area contributed by atoms with Crippen molar-refractivity contribution < 1.29 is 4.74 Å². The van der Waals surface area contributed by atoms with Crippen LogP contribution >= 0.6 is 0 Å². The monoisotopic (exact) mass is 395 g/mol. The summed E-state index contributed by atoms with van der Waals surface area (Å²) in [6, 6.07) is 17.5. The van der Waals surface area contributed by atoms with Crippen LogP contribution in [0.3, 0.4) is 0 Å². The maximum atomic E-state index is 6.05. The molecule has 0 heterocycles. The molecule has 0 bridgehead atoms. The number of amidine groups is 1. The fraction of sp³-hybridized carbons (Fsp3) is 0.348. The molecule has 0 fully saturated rings. The molecule has 0 aliphatic carbocycles. The minimum Gasteiger partial charge on any atom is -0.494 e. The second-order valence-corrected chi connectivity index (χ2v) is 6.91. The van der Waals surface area contributed by atoms with Gasteiger partial charge in [0.1, 0.15) is 11.6 Å². The van der Waals surface area contributed by atoms with Gasteiger partial charge >= 0.3 is 0 Å². The van der Waals surface area contributed by atoms with E-state index in [1.165, 1.54) is 31.9 Å². The van der Waals surface area contributed by atoms with Gasteiger partial charge in [-0.3, -0.25) is 0 Å². The molecule has 6 nitrogen and oxygen atoms in total. The van der Waals surface area contributed by atoms with Crippen molar-refractivity contribution in [2.24, 2.45) is 22.3 Å². The van der Waals surface area contributed by atoms with E-state index in [2.05, 4.69) is 4.99 Å². The summed E-state index contributed by atoms with van der Waals surface area (Å²) in [4.78, 5) is 4.45. The summed E-state index contributed by atoms with van der Waals surface area (Å²) in [5, 5.41) is 1.63. The van der Waals surface area contributed by atoms with Gasteiger partial charge in [-0.1, -0.05) is 56.0 Å². The number of nitrogens with two attached hydrogens (primary N) is 3. The molecule has 2 rings (SSSR count). The van der Waals surface area contributed by atoms with Gasteiger partial charge in [0.05, 0.1) is 12.3 Å². The molecule has 2 aromatic carbocycles. The van der Waals surface area contributed by atoms with Crippen molar-refractivity contribution in [3.63, 3.8) is 0 Å². The van der Waals surface area contributed by atoms with E-state index < -0.39 is 0 Å². The molecular formula is C23H33N5O. The van der Waals surface area contributed by atoms with E-state index in [4.69, 9.17) is 22.0 Å². The summed E-state index contributed by atoms with van der Waals surface area (Å²) in [5.74, 6) is 7.08. The standard InChI is InChI=1S/C23H33N5O/c24-16-18-28(26)17-8-3-1-2-4-9-19-29-22-14-12-21(13-15-22)27-23(25)20-10-6-5-7-11-20/h5-7,10-16,18H,1-4,8-9,17,19,24,26H2,(H2,25,27)/b18-16-. The number of hydrogen-bond acceptors (Lipinski definition) is 5. The fourth-order valence-electron chi connectivity index (χ4n) is 2.91. The molecule has 0 saturated carbocycles. The topological polar surface area (TPSA) is 103 Å². The van der Waals surface area contributed by atoms with Gasteiger partial charge in [-0.25, -0.2) is 10.8 Å². The summed E-state index contributed by atoms with van der Waals surface area (Å²) in [5.41, 5.74) is 13.1. The number of nitrogens with zero attached hydrogens (tertiary/aromatic N) is 2. The zero-order valence-corrected chi connectivity index (χ0v) is 17.0. The van der Waals surface area contributed by atoms with E-state index >= 15 is 0 Å². The van der Waals surface area contributed by atoms with Crippen LogP contribution in [0.25, 0.3) is 0 Å². The number of hydrazine groups is 1. The molecule has 0 saturated heterocycles. The van der Waals surface area contributed by atoms with Gasteiger partial charge in [-0.05, 0) is 37.1 Å². The highest BCUT2D eigenvalue weighted by atomic mass is 16.5. The Labute approximate surface area is 174 Å². The number of ether oxygens (including phenoxy) is 1. The Morgan fingerprint density at radius 1 is 0.897 bits per heavy atom. The second-order valence-electron chi connectivity index (χ2n) is 6.91. The minimum atomic E-state index is 0.509. The van der Waals surface area contributed by atoms with Crippen LogP contribution in [0.5, 0.6) is 5.75 Å². The van der Waals surface area contributed by atoms with Gasteiger partial charge in [0.2, 0.25) is 0 Å². The number of hydrogen-bond donors (Lipinski definition) is 3. The Hall–Kier alpha value is -2.99. The third-order valence-corrected chi connectivity index (χ3v) is 4.51. The quantitative estimate of drug-likeness (QED) is 0.156. The molecule has 0 aromatic heterocycles. The van der Waals surface area contributed by atoms with Crippen LogP contribution in [-0.4, -0.2) is 24.0 Å². The molecule has 156 valence electrons. The summed E-state index contributed by atoms with van der Waals surface area (Å²) in [6.45, 7) is 1.57.